The van der Waals surface area contributed by atoms with Crippen molar-refractivity contribution in [2.45, 2.75) is 0 Å². The lowest BCUT2D eigenvalue weighted by Gasteiger charge is -2.34. The Hall–Kier alpha value is -2.89. The molecule has 11 heteroatoms. The average Bonchev–Trinajstić information content (AvgIpc) is 3.21. The van der Waals surface area contributed by atoms with E-state index in [1.165, 1.54) is 11.3 Å². The summed E-state index contributed by atoms with van der Waals surface area (Å²) in [4.78, 5) is 21.2. The van der Waals surface area contributed by atoms with E-state index in [9.17, 15) is 4.21 Å². The Morgan fingerprint density at radius 3 is 2.81 bits per heavy atom. The van der Waals surface area contributed by atoms with E-state index in [0.29, 0.717) is 6.67 Å². The van der Waals surface area contributed by atoms with Crippen LogP contribution in [0.25, 0.3) is 15.9 Å². The largest absolute Gasteiger partial charge is 0.372 e. The maximum absolute atomic E-state index is 11.7. The molecule has 0 aromatic carbocycles. The first-order valence-electron chi connectivity index (χ1n) is 9.93. The number of fused-ring (bicyclic) bond motifs is 1. The van der Waals surface area contributed by atoms with E-state index in [-0.39, 0.29) is 0 Å². The summed E-state index contributed by atoms with van der Waals surface area (Å²) in [6.45, 7) is 3.85. The highest BCUT2D eigenvalue weighted by Gasteiger charge is 2.19. The van der Waals surface area contributed by atoms with E-state index in [2.05, 4.69) is 30.5 Å². The zero-order valence-electron chi connectivity index (χ0n) is 17.0. The number of thiazole rings is 1. The van der Waals surface area contributed by atoms with E-state index >= 15 is 0 Å². The molecule has 0 spiro atoms. The third kappa shape index (κ3) is 4.43. The van der Waals surface area contributed by atoms with Gasteiger partial charge in [0.05, 0.1) is 16.7 Å². The van der Waals surface area contributed by atoms with Gasteiger partial charge in [0.2, 0.25) is 0 Å². The van der Waals surface area contributed by atoms with E-state index < -0.39 is 11.0 Å². The predicted octanol–water partition coefficient (Wildman–Crippen LogP) is 2.22. The standard InChI is InChI=1S/C20H22N8OS2/c1-31(29)28-8-6-27(7-9-28)15-4-5-23-18(10-15)26-20-25-17-3-2-16(24-19(17)30-20)14-11-21-13-22-12-14/h2-5,10-12,21H,6-9,13H2,1H3,(H,23,25,26). The second-order valence-electron chi connectivity index (χ2n) is 7.18. The van der Waals surface area contributed by atoms with Crippen molar-refractivity contribution in [3.63, 3.8) is 0 Å². The molecule has 2 aliphatic rings. The summed E-state index contributed by atoms with van der Waals surface area (Å²) in [5.41, 5.74) is 3.76. The molecule has 2 N–H and O–H groups in total. The number of rotatable bonds is 5. The number of nitrogens with zero attached hydrogens (tertiary/aromatic N) is 6. The first-order valence-corrected chi connectivity index (χ1v) is 12.3. The molecule has 0 radical (unpaired) electrons. The minimum absolute atomic E-state index is 0.597. The quantitative estimate of drug-likeness (QED) is 0.610. The third-order valence-corrected chi connectivity index (χ3v) is 7.14. The van der Waals surface area contributed by atoms with Gasteiger partial charge in [0.1, 0.15) is 22.8 Å². The lowest BCUT2D eigenvalue weighted by atomic mass is 10.2. The lowest BCUT2D eigenvalue weighted by Crippen LogP contribution is -2.46. The van der Waals surface area contributed by atoms with E-state index in [0.717, 1.165) is 64.4 Å². The number of nitrogens with one attached hydrogen (secondary N) is 2. The molecule has 1 atom stereocenters. The highest BCUT2D eigenvalue weighted by atomic mass is 32.2. The molecular formula is C20H22N8OS2. The Morgan fingerprint density at radius 1 is 1.16 bits per heavy atom. The Bertz CT molecular complexity index is 1180. The maximum Gasteiger partial charge on any atom is 0.190 e. The fourth-order valence-electron chi connectivity index (χ4n) is 3.56. The fourth-order valence-corrected chi connectivity index (χ4v) is 5.08. The van der Waals surface area contributed by atoms with Crippen LogP contribution in [0.2, 0.25) is 0 Å². The van der Waals surface area contributed by atoms with Crippen molar-refractivity contribution in [3.05, 3.63) is 42.4 Å². The van der Waals surface area contributed by atoms with Gasteiger partial charge in [-0.1, -0.05) is 11.3 Å². The molecule has 0 saturated carbocycles. The molecule has 9 nitrogen and oxygen atoms in total. The second kappa shape index (κ2) is 8.69. The molecule has 5 heterocycles. The van der Waals surface area contributed by atoms with Gasteiger partial charge in [0.25, 0.3) is 0 Å². The molecule has 2 aliphatic heterocycles. The number of allylic oxidation sites excluding steroid dienone is 1. The van der Waals surface area contributed by atoms with Crippen molar-refractivity contribution in [3.8, 4) is 0 Å². The molecule has 0 amide bonds. The number of piperazine rings is 1. The zero-order valence-corrected chi connectivity index (χ0v) is 18.6. The number of aromatic nitrogens is 3. The zero-order chi connectivity index (χ0) is 21.2. The summed E-state index contributed by atoms with van der Waals surface area (Å²) < 4.78 is 13.6. The van der Waals surface area contributed by atoms with Crippen LogP contribution in [0.3, 0.4) is 0 Å². The Morgan fingerprint density at radius 2 is 2.03 bits per heavy atom. The molecule has 0 bridgehead atoms. The molecule has 1 saturated heterocycles. The number of hydrogen-bond acceptors (Lipinski definition) is 9. The van der Waals surface area contributed by atoms with Crippen molar-refractivity contribution in [1.29, 1.82) is 0 Å². The fraction of sp³-hybridized carbons (Fsp3) is 0.300. The van der Waals surface area contributed by atoms with Crippen LogP contribution in [-0.4, -0.2) is 68.8 Å². The number of pyridine rings is 2. The van der Waals surface area contributed by atoms with Crippen LogP contribution in [0.5, 0.6) is 0 Å². The minimum atomic E-state index is -0.911. The van der Waals surface area contributed by atoms with Gasteiger partial charge in [-0.3, -0.25) is 4.99 Å². The third-order valence-electron chi connectivity index (χ3n) is 5.17. The monoisotopic (exact) mass is 454 g/mol. The summed E-state index contributed by atoms with van der Waals surface area (Å²) in [5.74, 6) is 0.740. The molecule has 1 fully saturated rings. The van der Waals surface area contributed by atoms with Crippen LogP contribution < -0.4 is 15.5 Å². The van der Waals surface area contributed by atoms with Gasteiger partial charge in [0, 0.05) is 68.4 Å². The minimum Gasteiger partial charge on any atom is -0.372 e. The molecule has 3 aromatic heterocycles. The molecule has 160 valence electrons. The van der Waals surface area contributed by atoms with E-state index in [1.54, 1.807) is 12.5 Å². The van der Waals surface area contributed by atoms with Crippen molar-refractivity contribution in [1.82, 2.24) is 24.6 Å². The SMILES string of the molecule is CS(=O)N1CCN(c2ccnc(Nc3nc4ccc(C5=CNCN=C5)nc4s3)c2)CC1. The Kier molecular flexibility index (Phi) is 5.62. The average molecular weight is 455 g/mol. The number of hydrogen-bond donors (Lipinski definition) is 2. The molecule has 0 aliphatic carbocycles. The lowest BCUT2D eigenvalue weighted by molar-refractivity contribution is 0.412. The first kappa shape index (κ1) is 20.0. The summed E-state index contributed by atoms with van der Waals surface area (Å²) in [5, 5.41) is 7.17. The van der Waals surface area contributed by atoms with Crippen LogP contribution >= 0.6 is 11.3 Å². The van der Waals surface area contributed by atoms with Gasteiger partial charge in [-0.25, -0.2) is 23.5 Å². The molecule has 31 heavy (non-hydrogen) atoms. The predicted molar refractivity (Wildman–Crippen MR) is 127 cm³/mol. The number of anilines is 3. The summed E-state index contributed by atoms with van der Waals surface area (Å²) in [6.07, 6.45) is 7.29. The molecule has 5 rings (SSSR count). The highest BCUT2D eigenvalue weighted by molar-refractivity contribution is 7.81. The van der Waals surface area contributed by atoms with Crippen molar-refractivity contribution < 1.29 is 4.21 Å². The van der Waals surface area contributed by atoms with Crippen LogP contribution in [0.15, 0.2) is 41.7 Å². The Labute approximate surface area is 186 Å². The van der Waals surface area contributed by atoms with Gasteiger partial charge in [-0.15, -0.1) is 0 Å². The van der Waals surface area contributed by atoms with Crippen LogP contribution in [-0.2, 0) is 11.0 Å². The van der Waals surface area contributed by atoms with Crippen LogP contribution in [0.1, 0.15) is 5.69 Å². The topological polar surface area (TPSA) is 98.6 Å². The van der Waals surface area contributed by atoms with Gasteiger partial charge >= 0.3 is 0 Å². The molecule has 1 unspecified atom stereocenters. The van der Waals surface area contributed by atoms with Gasteiger partial charge in [0.15, 0.2) is 5.13 Å². The van der Waals surface area contributed by atoms with E-state index in [1.807, 2.05) is 41.0 Å². The normalized spacial score (nSPS) is 18.0. The van der Waals surface area contributed by atoms with Gasteiger partial charge < -0.3 is 15.5 Å². The van der Waals surface area contributed by atoms with Gasteiger partial charge in [-0.05, 0) is 18.2 Å². The summed E-state index contributed by atoms with van der Waals surface area (Å²) >= 11 is 1.50. The van der Waals surface area contributed by atoms with Gasteiger partial charge in [-0.2, -0.15) is 0 Å². The summed E-state index contributed by atoms with van der Waals surface area (Å²) in [6, 6.07) is 7.96. The van der Waals surface area contributed by atoms with Crippen LogP contribution in [0, 0.1) is 0 Å². The highest BCUT2D eigenvalue weighted by Crippen LogP contribution is 2.29. The van der Waals surface area contributed by atoms with E-state index in [4.69, 9.17) is 4.98 Å². The van der Waals surface area contributed by atoms with Crippen molar-refractivity contribution >= 4 is 61.1 Å². The molecule has 3 aromatic rings. The Balaban J connectivity index is 1.32. The smallest absolute Gasteiger partial charge is 0.190 e. The number of aliphatic imine (C=N–C) groups is 1. The second-order valence-corrected chi connectivity index (χ2v) is 9.52. The van der Waals surface area contributed by atoms with Crippen molar-refractivity contribution in [2.24, 2.45) is 4.99 Å². The van der Waals surface area contributed by atoms with Crippen LogP contribution in [0.4, 0.5) is 16.6 Å². The summed E-state index contributed by atoms with van der Waals surface area (Å²) in [7, 11) is -0.911. The molecular weight excluding hydrogens is 432 g/mol. The maximum atomic E-state index is 11.7. The van der Waals surface area contributed by atoms with Crippen molar-refractivity contribution in [2.75, 3.05) is 49.3 Å². The first-order chi connectivity index (χ1) is 15.2.